The van der Waals surface area contributed by atoms with Crippen molar-refractivity contribution in [2.45, 2.75) is 20.3 Å². The molecule has 104 valence electrons. The van der Waals surface area contributed by atoms with Crippen molar-refractivity contribution in [3.8, 4) is 0 Å². The average molecular weight is 262 g/mol. The second kappa shape index (κ2) is 4.75. The molecule has 1 saturated carbocycles. The van der Waals surface area contributed by atoms with Crippen LogP contribution in [0, 0.1) is 23.7 Å². The van der Waals surface area contributed by atoms with E-state index < -0.39 is 0 Å². The van der Waals surface area contributed by atoms with Crippen LogP contribution in [0.3, 0.4) is 0 Å². The van der Waals surface area contributed by atoms with Gasteiger partial charge in [-0.2, -0.15) is 0 Å². The minimum absolute atomic E-state index is 0.0424. The van der Waals surface area contributed by atoms with Crippen molar-refractivity contribution in [1.29, 1.82) is 0 Å². The second-order valence-electron chi connectivity index (χ2n) is 5.85. The molecule has 4 atom stereocenters. The molecule has 0 aromatic carbocycles. The number of hydrogen-bond acceptors (Lipinski definition) is 3. The third kappa shape index (κ3) is 1.84. The lowest BCUT2D eigenvalue weighted by Gasteiger charge is -2.22. The number of hydrogen-bond donors (Lipinski definition) is 0. The highest BCUT2D eigenvalue weighted by atomic mass is 16.2. The van der Waals surface area contributed by atoms with Gasteiger partial charge in [-0.25, -0.2) is 0 Å². The molecule has 0 spiro atoms. The zero-order valence-electron chi connectivity index (χ0n) is 11.7. The third-order valence-electron chi connectivity index (χ3n) is 5.10. The van der Waals surface area contributed by atoms with Gasteiger partial charge >= 0.3 is 0 Å². The van der Waals surface area contributed by atoms with Gasteiger partial charge in [0, 0.05) is 13.1 Å². The van der Waals surface area contributed by atoms with Crippen LogP contribution in [0.25, 0.3) is 0 Å². The maximum Gasteiger partial charge on any atom is 0.233 e. The average Bonchev–Trinajstić information content (AvgIpc) is 3.08. The van der Waals surface area contributed by atoms with Gasteiger partial charge in [0.15, 0.2) is 0 Å². The lowest BCUT2D eigenvalue weighted by molar-refractivity contribution is -0.140. The number of carbonyl (C=O) groups is 2. The van der Waals surface area contributed by atoms with Gasteiger partial charge in [-0.15, -0.1) is 0 Å². The van der Waals surface area contributed by atoms with E-state index in [0.717, 1.165) is 26.1 Å². The monoisotopic (exact) mass is 262 g/mol. The number of carbonyl (C=O) groups excluding carboxylic acids is 2. The Labute approximate surface area is 114 Å². The van der Waals surface area contributed by atoms with Crippen LogP contribution >= 0.6 is 0 Å². The van der Waals surface area contributed by atoms with Crippen molar-refractivity contribution >= 4 is 11.8 Å². The summed E-state index contributed by atoms with van der Waals surface area (Å²) in [5.41, 5.74) is 0. The summed E-state index contributed by atoms with van der Waals surface area (Å²) in [6.45, 7) is 7.50. The summed E-state index contributed by atoms with van der Waals surface area (Å²) in [6, 6.07) is 0. The SMILES string of the molecule is CCN(CC)CCN1C(=O)C2C(C1=O)[C@H]1C=C[C@@H]2C1. The van der Waals surface area contributed by atoms with E-state index in [0.29, 0.717) is 18.4 Å². The van der Waals surface area contributed by atoms with E-state index in [1.807, 2.05) is 0 Å². The Balaban J connectivity index is 1.69. The number of nitrogens with zero attached hydrogens (tertiary/aromatic N) is 2. The molecule has 0 aromatic heterocycles. The molecule has 0 aromatic rings. The Bertz CT molecular complexity index is 398. The lowest BCUT2D eigenvalue weighted by atomic mass is 9.85. The van der Waals surface area contributed by atoms with Gasteiger partial charge in [-0.3, -0.25) is 14.5 Å². The first-order valence-corrected chi connectivity index (χ1v) is 7.43. The molecule has 4 heteroatoms. The van der Waals surface area contributed by atoms with Crippen LogP contribution in [0.15, 0.2) is 12.2 Å². The topological polar surface area (TPSA) is 40.6 Å². The molecule has 1 saturated heterocycles. The van der Waals surface area contributed by atoms with Crippen molar-refractivity contribution in [2.75, 3.05) is 26.2 Å². The molecular weight excluding hydrogens is 240 g/mol. The summed E-state index contributed by atoms with van der Waals surface area (Å²) in [5, 5.41) is 0. The molecule has 2 aliphatic carbocycles. The number of fused-ring (bicyclic) bond motifs is 5. The van der Waals surface area contributed by atoms with E-state index >= 15 is 0 Å². The molecule has 2 fully saturated rings. The molecule has 3 aliphatic rings. The van der Waals surface area contributed by atoms with E-state index in [1.54, 1.807) is 0 Å². The molecule has 4 nitrogen and oxygen atoms in total. The van der Waals surface area contributed by atoms with Crippen LogP contribution in [0.2, 0.25) is 0 Å². The van der Waals surface area contributed by atoms with E-state index in [4.69, 9.17) is 0 Å². The Morgan fingerprint density at radius 3 is 2.11 bits per heavy atom. The molecule has 0 N–H and O–H groups in total. The van der Waals surface area contributed by atoms with Gasteiger partial charge in [0.25, 0.3) is 0 Å². The summed E-state index contributed by atoms with van der Waals surface area (Å²) in [4.78, 5) is 28.6. The van der Waals surface area contributed by atoms with Crippen LogP contribution in [-0.2, 0) is 9.59 Å². The van der Waals surface area contributed by atoms with Crippen molar-refractivity contribution in [1.82, 2.24) is 9.80 Å². The third-order valence-corrected chi connectivity index (χ3v) is 5.10. The highest BCUT2D eigenvalue weighted by Gasteiger charge is 2.58. The quantitative estimate of drug-likeness (QED) is 0.551. The second-order valence-corrected chi connectivity index (χ2v) is 5.85. The molecule has 2 unspecified atom stereocenters. The predicted octanol–water partition coefficient (Wildman–Crippen LogP) is 1.14. The van der Waals surface area contributed by atoms with E-state index in [1.165, 1.54) is 4.90 Å². The molecular formula is C15H22N2O2. The van der Waals surface area contributed by atoms with Crippen molar-refractivity contribution in [2.24, 2.45) is 23.7 Å². The zero-order chi connectivity index (χ0) is 13.6. The van der Waals surface area contributed by atoms with E-state index in [9.17, 15) is 9.59 Å². The smallest absolute Gasteiger partial charge is 0.233 e. The fourth-order valence-corrected chi connectivity index (χ4v) is 3.97. The molecule has 2 amide bonds. The number of amides is 2. The molecule has 1 heterocycles. The highest BCUT2D eigenvalue weighted by molar-refractivity contribution is 6.06. The normalized spacial score (nSPS) is 35.8. The Morgan fingerprint density at radius 1 is 1.11 bits per heavy atom. The van der Waals surface area contributed by atoms with Crippen LogP contribution in [0.5, 0.6) is 0 Å². The predicted molar refractivity (Wildman–Crippen MR) is 72.2 cm³/mol. The minimum atomic E-state index is -0.0424. The van der Waals surface area contributed by atoms with Crippen LogP contribution in [0.1, 0.15) is 20.3 Å². The number of imide groups is 1. The van der Waals surface area contributed by atoms with Crippen LogP contribution in [-0.4, -0.2) is 47.8 Å². The number of rotatable bonds is 5. The van der Waals surface area contributed by atoms with Crippen LogP contribution < -0.4 is 0 Å². The first kappa shape index (κ1) is 12.9. The number of likely N-dealkylation sites (tertiary alicyclic amines) is 1. The van der Waals surface area contributed by atoms with Crippen molar-refractivity contribution in [3.63, 3.8) is 0 Å². The number of allylic oxidation sites excluding steroid dienone is 2. The van der Waals surface area contributed by atoms with Crippen LogP contribution in [0.4, 0.5) is 0 Å². The Hall–Kier alpha value is -1.16. The largest absolute Gasteiger partial charge is 0.302 e. The van der Waals surface area contributed by atoms with Gasteiger partial charge in [0.1, 0.15) is 0 Å². The summed E-state index contributed by atoms with van der Waals surface area (Å²) in [5.74, 6) is 0.728. The lowest BCUT2D eigenvalue weighted by Crippen LogP contribution is -2.39. The maximum atomic E-state index is 12.4. The first-order chi connectivity index (χ1) is 9.17. The fourth-order valence-electron chi connectivity index (χ4n) is 3.97. The Kier molecular flexibility index (Phi) is 3.21. The number of likely N-dealkylation sites (N-methyl/N-ethyl adjacent to an activating group) is 1. The summed E-state index contributed by atoms with van der Waals surface area (Å²) < 4.78 is 0. The Morgan fingerprint density at radius 2 is 1.63 bits per heavy atom. The standard InChI is InChI=1S/C15H22N2O2/c1-3-16(4-2)7-8-17-14(18)12-10-5-6-11(9-10)13(12)15(17)19/h5-6,10-13H,3-4,7-9H2,1-2H3/t10-,11+,12?,13?. The summed E-state index contributed by atoms with van der Waals surface area (Å²) in [6.07, 6.45) is 5.30. The fraction of sp³-hybridized carbons (Fsp3) is 0.733. The van der Waals surface area contributed by atoms with Crippen molar-refractivity contribution in [3.05, 3.63) is 12.2 Å². The summed E-state index contributed by atoms with van der Waals surface area (Å²) in [7, 11) is 0. The molecule has 19 heavy (non-hydrogen) atoms. The van der Waals surface area contributed by atoms with Gasteiger partial charge in [-0.1, -0.05) is 26.0 Å². The van der Waals surface area contributed by atoms with E-state index in [2.05, 4.69) is 30.9 Å². The summed E-state index contributed by atoms with van der Waals surface area (Å²) >= 11 is 0. The molecule has 1 aliphatic heterocycles. The first-order valence-electron chi connectivity index (χ1n) is 7.43. The minimum Gasteiger partial charge on any atom is -0.302 e. The molecule has 0 radical (unpaired) electrons. The van der Waals surface area contributed by atoms with Gasteiger partial charge < -0.3 is 4.90 Å². The van der Waals surface area contributed by atoms with Gasteiger partial charge in [0.2, 0.25) is 11.8 Å². The maximum absolute atomic E-state index is 12.4. The van der Waals surface area contributed by atoms with Gasteiger partial charge in [0.05, 0.1) is 11.8 Å². The highest BCUT2D eigenvalue weighted by Crippen LogP contribution is 2.52. The van der Waals surface area contributed by atoms with Gasteiger partial charge in [-0.05, 0) is 31.3 Å². The zero-order valence-corrected chi connectivity index (χ0v) is 11.7. The molecule has 3 rings (SSSR count). The van der Waals surface area contributed by atoms with Crippen molar-refractivity contribution < 1.29 is 9.59 Å². The van der Waals surface area contributed by atoms with E-state index in [-0.39, 0.29) is 23.7 Å². The molecule has 2 bridgehead atoms.